The molecule has 168 valence electrons. The zero-order valence-corrected chi connectivity index (χ0v) is 20.4. The van der Waals surface area contributed by atoms with E-state index in [0.717, 1.165) is 23.5 Å². The van der Waals surface area contributed by atoms with Gasteiger partial charge in [0.1, 0.15) is 5.82 Å². The minimum atomic E-state index is -0.884. The van der Waals surface area contributed by atoms with E-state index in [-0.39, 0.29) is 15.9 Å². The van der Waals surface area contributed by atoms with Crippen molar-refractivity contribution in [1.82, 2.24) is 14.8 Å². The molecule has 0 unspecified atom stereocenters. The summed E-state index contributed by atoms with van der Waals surface area (Å²) in [4.78, 5) is 12.5. The first-order chi connectivity index (χ1) is 15.8. The van der Waals surface area contributed by atoms with Gasteiger partial charge in [-0.3, -0.25) is 9.36 Å². The summed E-state index contributed by atoms with van der Waals surface area (Å²) in [6.07, 6.45) is 0. The fourth-order valence-electron chi connectivity index (χ4n) is 2.97. The van der Waals surface area contributed by atoms with Crippen LogP contribution in [0.2, 0.25) is 10.0 Å². The van der Waals surface area contributed by atoms with Gasteiger partial charge < -0.3 is 5.32 Å². The van der Waals surface area contributed by atoms with Crippen LogP contribution in [0.3, 0.4) is 0 Å². The Balaban J connectivity index is 1.62. The van der Waals surface area contributed by atoms with Crippen molar-refractivity contribution >= 4 is 62.5 Å². The maximum atomic E-state index is 14.0. The van der Waals surface area contributed by atoms with E-state index < -0.39 is 17.5 Å². The highest BCUT2D eigenvalue weighted by Crippen LogP contribution is 2.33. The number of anilines is 1. The number of hydrogen-bond donors (Lipinski definition) is 1. The quantitative estimate of drug-likeness (QED) is 0.254. The molecule has 0 atom stereocenters. The smallest absolute Gasteiger partial charge is 0.234 e. The summed E-state index contributed by atoms with van der Waals surface area (Å²) in [5, 5.41) is 12.4. The number of rotatable bonds is 6. The number of benzene rings is 3. The molecule has 4 rings (SSSR count). The number of nitrogens with one attached hydrogen (secondary N) is 1. The molecular formula is C22H13BrCl2F2N4OS. The molecule has 33 heavy (non-hydrogen) atoms. The highest BCUT2D eigenvalue weighted by molar-refractivity contribution is 9.10. The number of amides is 1. The molecule has 0 aliphatic heterocycles. The molecule has 0 aliphatic carbocycles. The number of hydrogen-bond acceptors (Lipinski definition) is 4. The van der Waals surface area contributed by atoms with Gasteiger partial charge in [0.2, 0.25) is 5.91 Å². The number of carbonyl (C=O) groups is 1. The van der Waals surface area contributed by atoms with Crippen LogP contribution in [0.25, 0.3) is 17.1 Å². The van der Waals surface area contributed by atoms with Gasteiger partial charge in [0.15, 0.2) is 16.8 Å². The Morgan fingerprint density at radius 2 is 1.79 bits per heavy atom. The first-order valence-electron chi connectivity index (χ1n) is 9.37. The molecule has 11 heteroatoms. The molecule has 1 N–H and O–H groups in total. The van der Waals surface area contributed by atoms with E-state index in [1.807, 2.05) is 18.2 Å². The molecule has 0 bridgehead atoms. The molecule has 1 amide bonds. The molecule has 0 aliphatic rings. The Hall–Kier alpha value is -2.46. The lowest BCUT2D eigenvalue weighted by Crippen LogP contribution is -2.16. The van der Waals surface area contributed by atoms with E-state index in [2.05, 4.69) is 31.4 Å². The minimum absolute atomic E-state index is 0.0997. The molecule has 0 radical (unpaired) electrons. The van der Waals surface area contributed by atoms with Crippen LogP contribution in [0.15, 0.2) is 70.3 Å². The van der Waals surface area contributed by atoms with E-state index in [1.54, 1.807) is 34.9 Å². The van der Waals surface area contributed by atoms with Gasteiger partial charge in [-0.15, -0.1) is 10.2 Å². The van der Waals surface area contributed by atoms with Gasteiger partial charge in [-0.25, -0.2) is 8.78 Å². The molecule has 0 saturated heterocycles. The average Bonchev–Trinajstić information content (AvgIpc) is 3.19. The Labute approximate surface area is 210 Å². The van der Waals surface area contributed by atoms with Gasteiger partial charge in [-0.1, -0.05) is 47.1 Å². The predicted octanol–water partition coefficient (Wildman–Crippen LogP) is 7.01. The first kappa shape index (κ1) is 23.7. The van der Waals surface area contributed by atoms with E-state index in [4.69, 9.17) is 23.2 Å². The Bertz CT molecular complexity index is 1310. The van der Waals surface area contributed by atoms with Crippen molar-refractivity contribution in [2.45, 2.75) is 5.16 Å². The summed E-state index contributed by atoms with van der Waals surface area (Å²) >= 11 is 16.6. The average molecular weight is 570 g/mol. The highest BCUT2D eigenvalue weighted by Gasteiger charge is 2.20. The van der Waals surface area contributed by atoms with Gasteiger partial charge in [-0.2, -0.15) is 0 Å². The van der Waals surface area contributed by atoms with Gasteiger partial charge in [0.25, 0.3) is 0 Å². The van der Waals surface area contributed by atoms with Crippen molar-refractivity contribution in [1.29, 1.82) is 0 Å². The SMILES string of the molecule is O=C(CSc1nnc(-c2ccccc2Cl)n1-c1ccc(Cl)cc1)Nc1c(F)cc(F)cc1Br. The molecule has 3 aromatic carbocycles. The van der Waals surface area contributed by atoms with Crippen LogP contribution in [-0.2, 0) is 4.79 Å². The zero-order valence-electron chi connectivity index (χ0n) is 16.5. The number of carbonyl (C=O) groups excluding carboxylic acids is 1. The largest absolute Gasteiger partial charge is 0.322 e. The lowest BCUT2D eigenvalue weighted by molar-refractivity contribution is -0.113. The van der Waals surface area contributed by atoms with Crippen molar-refractivity contribution in [3.05, 3.63) is 86.8 Å². The summed E-state index contributed by atoms with van der Waals surface area (Å²) in [5.74, 6) is -1.76. The third-order valence-electron chi connectivity index (χ3n) is 4.44. The standard InChI is InChI=1S/C22H13BrCl2F2N4OS/c23-16-9-13(26)10-18(27)20(16)28-19(32)11-33-22-30-29-21(15-3-1-2-4-17(15)25)31(22)14-7-5-12(24)6-8-14/h1-10H,11H2,(H,28,32). The Morgan fingerprint density at radius 3 is 2.48 bits per heavy atom. The fourth-order valence-corrected chi connectivity index (χ4v) is 4.58. The van der Waals surface area contributed by atoms with Gasteiger partial charge in [0.05, 0.1) is 16.5 Å². The fraction of sp³-hybridized carbons (Fsp3) is 0.0455. The molecule has 0 spiro atoms. The molecule has 0 fully saturated rings. The maximum absolute atomic E-state index is 14.0. The monoisotopic (exact) mass is 568 g/mol. The zero-order chi connectivity index (χ0) is 23.5. The van der Waals surface area contributed by atoms with E-state index >= 15 is 0 Å². The van der Waals surface area contributed by atoms with Crippen molar-refractivity contribution in [3.63, 3.8) is 0 Å². The highest BCUT2D eigenvalue weighted by atomic mass is 79.9. The molecule has 1 heterocycles. The van der Waals surface area contributed by atoms with E-state index in [0.29, 0.717) is 32.7 Å². The van der Waals surface area contributed by atoms with E-state index in [1.165, 1.54) is 0 Å². The van der Waals surface area contributed by atoms with Crippen LogP contribution in [0.1, 0.15) is 0 Å². The summed E-state index contributed by atoms with van der Waals surface area (Å²) in [5.41, 5.74) is 1.24. The Kier molecular flexibility index (Phi) is 7.33. The van der Waals surface area contributed by atoms with Crippen LogP contribution in [-0.4, -0.2) is 26.4 Å². The van der Waals surface area contributed by atoms with Crippen molar-refractivity contribution < 1.29 is 13.6 Å². The van der Waals surface area contributed by atoms with Crippen LogP contribution >= 0.6 is 50.9 Å². The lowest BCUT2D eigenvalue weighted by Gasteiger charge is -2.12. The second-order valence-corrected chi connectivity index (χ2v) is 9.32. The van der Waals surface area contributed by atoms with Gasteiger partial charge in [-0.05, 0) is 58.4 Å². The van der Waals surface area contributed by atoms with Crippen LogP contribution < -0.4 is 5.32 Å². The second kappa shape index (κ2) is 10.2. The van der Waals surface area contributed by atoms with Crippen LogP contribution in [0.5, 0.6) is 0 Å². The normalized spacial score (nSPS) is 10.9. The van der Waals surface area contributed by atoms with Gasteiger partial charge in [0, 0.05) is 26.8 Å². The molecule has 4 aromatic rings. The maximum Gasteiger partial charge on any atom is 0.234 e. The molecule has 5 nitrogen and oxygen atoms in total. The predicted molar refractivity (Wildman–Crippen MR) is 130 cm³/mol. The van der Waals surface area contributed by atoms with E-state index in [9.17, 15) is 13.6 Å². The third kappa shape index (κ3) is 5.38. The van der Waals surface area contributed by atoms with Crippen molar-refractivity contribution in [2.24, 2.45) is 0 Å². The summed E-state index contributed by atoms with van der Waals surface area (Å²) in [6, 6.07) is 16.0. The van der Waals surface area contributed by atoms with Crippen molar-refractivity contribution in [2.75, 3.05) is 11.1 Å². The Morgan fingerprint density at radius 1 is 1.06 bits per heavy atom. The number of thioether (sulfide) groups is 1. The van der Waals surface area contributed by atoms with Gasteiger partial charge >= 0.3 is 0 Å². The molecular weight excluding hydrogens is 557 g/mol. The first-order valence-corrected chi connectivity index (χ1v) is 11.9. The van der Waals surface area contributed by atoms with Crippen molar-refractivity contribution in [3.8, 4) is 17.1 Å². The summed E-state index contributed by atoms with van der Waals surface area (Å²) in [7, 11) is 0. The van der Waals surface area contributed by atoms with Crippen LogP contribution in [0, 0.1) is 11.6 Å². The molecule has 0 saturated carbocycles. The summed E-state index contributed by atoms with van der Waals surface area (Å²) in [6.45, 7) is 0. The molecule has 1 aromatic heterocycles. The third-order valence-corrected chi connectivity index (χ3v) is 6.57. The minimum Gasteiger partial charge on any atom is -0.322 e. The topological polar surface area (TPSA) is 59.8 Å². The summed E-state index contributed by atoms with van der Waals surface area (Å²) < 4.78 is 29.2. The number of nitrogens with zero attached hydrogens (tertiary/aromatic N) is 3. The number of aromatic nitrogens is 3. The second-order valence-electron chi connectivity index (χ2n) is 6.68. The number of halogens is 5. The van der Waals surface area contributed by atoms with Crippen LogP contribution in [0.4, 0.5) is 14.5 Å². The lowest BCUT2D eigenvalue weighted by atomic mass is 10.2.